The van der Waals surface area contributed by atoms with Gasteiger partial charge in [0.1, 0.15) is 5.82 Å². The Morgan fingerprint density at radius 3 is 2.76 bits per heavy atom. The molecule has 6 heteroatoms. The van der Waals surface area contributed by atoms with Crippen LogP contribution in [0.4, 0.5) is 14.9 Å². The van der Waals surface area contributed by atoms with Crippen LogP contribution < -0.4 is 10.6 Å². The molecule has 4 nitrogen and oxygen atoms in total. The van der Waals surface area contributed by atoms with Crippen LogP contribution >= 0.6 is 11.6 Å². The molecule has 2 rings (SSSR count). The molecule has 1 saturated heterocycles. The zero-order valence-electron chi connectivity index (χ0n) is 12.2. The lowest BCUT2D eigenvalue weighted by molar-refractivity contribution is 0.196. The van der Waals surface area contributed by atoms with Crippen molar-refractivity contribution in [3.8, 4) is 0 Å². The molecular formula is C15H21ClFN3O. The maximum atomic E-state index is 12.9. The number of carbonyl (C=O) groups excluding carboxylic acids is 1. The molecule has 0 bridgehead atoms. The molecule has 116 valence electrons. The molecule has 0 aliphatic carbocycles. The molecule has 0 unspecified atom stereocenters. The standard InChI is InChI=1S/C15H21ClFN3O/c1-2-7-20-8-5-12(6-9-20)18-15(21)19-14-4-3-11(17)10-13(14)16/h3-4,10,12H,2,5-9H2,1H3,(H2,18,19,21). The van der Waals surface area contributed by atoms with Gasteiger partial charge in [0.15, 0.2) is 0 Å². The number of piperidine rings is 1. The van der Waals surface area contributed by atoms with Crippen molar-refractivity contribution in [3.05, 3.63) is 29.0 Å². The van der Waals surface area contributed by atoms with Gasteiger partial charge in [-0.1, -0.05) is 18.5 Å². The van der Waals surface area contributed by atoms with Crippen LogP contribution in [0.25, 0.3) is 0 Å². The first-order valence-corrected chi connectivity index (χ1v) is 7.71. The number of rotatable bonds is 4. The van der Waals surface area contributed by atoms with Crippen LogP contribution in [-0.4, -0.2) is 36.6 Å². The first kappa shape index (κ1) is 16.0. The van der Waals surface area contributed by atoms with Gasteiger partial charge in [0.25, 0.3) is 0 Å². The lowest BCUT2D eigenvalue weighted by Crippen LogP contribution is -2.46. The van der Waals surface area contributed by atoms with Gasteiger partial charge >= 0.3 is 6.03 Å². The third-order valence-electron chi connectivity index (χ3n) is 3.64. The average molecular weight is 314 g/mol. The fraction of sp³-hybridized carbons (Fsp3) is 0.533. The van der Waals surface area contributed by atoms with Gasteiger partial charge in [-0.3, -0.25) is 0 Å². The van der Waals surface area contributed by atoms with Crippen LogP contribution in [0.1, 0.15) is 26.2 Å². The topological polar surface area (TPSA) is 44.4 Å². The van der Waals surface area contributed by atoms with E-state index < -0.39 is 5.82 Å². The van der Waals surface area contributed by atoms with Gasteiger partial charge in [-0.2, -0.15) is 0 Å². The minimum Gasteiger partial charge on any atom is -0.335 e. The van der Waals surface area contributed by atoms with E-state index >= 15 is 0 Å². The molecule has 0 aromatic heterocycles. The summed E-state index contributed by atoms with van der Waals surface area (Å²) in [4.78, 5) is 14.3. The summed E-state index contributed by atoms with van der Waals surface area (Å²) in [6, 6.07) is 3.79. The maximum Gasteiger partial charge on any atom is 0.319 e. The summed E-state index contributed by atoms with van der Waals surface area (Å²) < 4.78 is 12.9. The summed E-state index contributed by atoms with van der Waals surface area (Å²) in [7, 11) is 0. The van der Waals surface area contributed by atoms with E-state index in [4.69, 9.17) is 11.6 Å². The average Bonchev–Trinajstić information content (AvgIpc) is 2.44. The van der Waals surface area contributed by atoms with Crippen molar-refractivity contribution < 1.29 is 9.18 Å². The second-order valence-electron chi connectivity index (χ2n) is 5.34. The number of halogens is 2. The number of likely N-dealkylation sites (tertiary alicyclic amines) is 1. The fourth-order valence-corrected chi connectivity index (χ4v) is 2.77. The first-order chi connectivity index (χ1) is 10.1. The molecule has 1 fully saturated rings. The van der Waals surface area contributed by atoms with Gasteiger partial charge in [-0.05, 0) is 44.0 Å². The Bertz CT molecular complexity index is 490. The molecule has 1 heterocycles. The largest absolute Gasteiger partial charge is 0.335 e. The highest BCUT2D eigenvalue weighted by Crippen LogP contribution is 2.22. The van der Waals surface area contributed by atoms with Crippen molar-refractivity contribution >= 4 is 23.3 Å². The molecule has 1 aromatic rings. The number of benzene rings is 1. The SMILES string of the molecule is CCCN1CCC(NC(=O)Nc2ccc(F)cc2Cl)CC1. The molecule has 1 aliphatic rings. The second-order valence-corrected chi connectivity index (χ2v) is 5.75. The number of hydrogen-bond donors (Lipinski definition) is 2. The van der Waals surface area contributed by atoms with Crippen molar-refractivity contribution in [3.63, 3.8) is 0 Å². The van der Waals surface area contributed by atoms with Crippen molar-refractivity contribution in [1.82, 2.24) is 10.2 Å². The van der Waals surface area contributed by atoms with Gasteiger partial charge < -0.3 is 15.5 Å². The number of nitrogens with one attached hydrogen (secondary N) is 2. The molecule has 0 spiro atoms. The Kier molecular flexibility index (Phi) is 5.82. The third-order valence-corrected chi connectivity index (χ3v) is 3.95. The van der Waals surface area contributed by atoms with Gasteiger partial charge in [0, 0.05) is 19.1 Å². The summed E-state index contributed by atoms with van der Waals surface area (Å²) in [6.45, 7) is 5.31. The molecule has 21 heavy (non-hydrogen) atoms. The van der Waals surface area contributed by atoms with E-state index in [1.807, 2.05) is 0 Å². The second kappa shape index (κ2) is 7.61. The maximum absolute atomic E-state index is 12.9. The van der Waals surface area contributed by atoms with E-state index in [-0.39, 0.29) is 17.1 Å². The number of urea groups is 1. The van der Waals surface area contributed by atoms with Crippen molar-refractivity contribution in [1.29, 1.82) is 0 Å². The van der Waals surface area contributed by atoms with E-state index in [0.29, 0.717) is 5.69 Å². The summed E-state index contributed by atoms with van der Waals surface area (Å²) in [5.41, 5.74) is 0.416. The number of carbonyl (C=O) groups is 1. The molecule has 1 aromatic carbocycles. The van der Waals surface area contributed by atoms with Crippen molar-refractivity contribution in [2.75, 3.05) is 25.0 Å². The smallest absolute Gasteiger partial charge is 0.319 e. The Morgan fingerprint density at radius 2 is 2.14 bits per heavy atom. The van der Waals surface area contributed by atoms with E-state index in [1.54, 1.807) is 0 Å². The third kappa shape index (κ3) is 4.86. The quantitative estimate of drug-likeness (QED) is 0.894. The van der Waals surface area contributed by atoms with Crippen molar-refractivity contribution in [2.24, 2.45) is 0 Å². The lowest BCUT2D eigenvalue weighted by Gasteiger charge is -2.32. The van der Waals surface area contributed by atoms with Crippen LogP contribution in [0.5, 0.6) is 0 Å². The van der Waals surface area contributed by atoms with Crippen LogP contribution in [0, 0.1) is 5.82 Å². The Balaban J connectivity index is 1.80. The van der Waals surface area contributed by atoms with Crippen LogP contribution in [-0.2, 0) is 0 Å². The highest BCUT2D eigenvalue weighted by molar-refractivity contribution is 6.33. The van der Waals surface area contributed by atoms with E-state index in [0.717, 1.165) is 38.9 Å². The summed E-state index contributed by atoms with van der Waals surface area (Å²) in [5, 5.41) is 5.80. The van der Waals surface area contributed by atoms with Gasteiger partial charge in [-0.25, -0.2) is 9.18 Å². The molecule has 0 atom stereocenters. The van der Waals surface area contributed by atoms with E-state index in [9.17, 15) is 9.18 Å². The van der Waals surface area contributed by atoms with Crippen molar-refractivity contribution in [2.45, 2.75) is 32.2 Å². The van der Waals surface area contributed by atoms with Crippen LogP contribution in [0.2, 0.25) is 5.02 Å². The Morgan fingerprint density at radius 1 is 1.43 bits per heavy atom. The number of nitrogens with zero attached hydrogens (tertiary/aromatic N) is 1. The number of anilines is 1. The highest BCUT2D eigenvalue weighted by Gasteiger charge is 2.20. The molecule has 2 N–H and O–H groups in total. The van der Waals surface area contributed by atoms with Gasteiger partial charge in [0.05, 0.1) is 10.7 Å². The van der Waals surface area contributed by atoms with Gasteiger partial charge in [0.2, 0.25) is 0 Å². The minimum atomic E-state index is -0.422. The van der Waals surface area contributed by atoms with Crippen LogP contribution in [0.15, 0.2) is 18.2 Å². The first-order valence-electron chi connectivity index (χ1n) is 7.33. The highest BCUT2D eigenvalue weighted by atomic mass is 35.5. The summed E-state index contributed by atoms with van der Waals surface area (Å²) in [5.74, 6) is -0.422. The van der Waals surface area contributed by atoms with Crippen LogP contribution in [0.3, 0.4) is 0 Å². The summed E-state index contributed by atoms with van der Waals surface area (Å²) in [6.07, 6.45) is 3.05. The van der Waals surface area contributed by atoms with Gasteiger partial charge in [-0.15, -0.1) is 0 Å². The van der Waals surface area contributed by atoms with E-state index in [2.05, 4.69) is 22.5 Å². The molecule has 0 radical (unpaired) electrons. The zero-order chi connectivity index (χ0) is 15.2. The summed E-state index contributed by atoms with van der Waals surface area (Å²) >= 11 is 5.88. The zero-order valence-corrected chi connectivity index (χ0v) is 12.9. The molecule has 1 aliphatic heterocycles. The molecular weight excluding hydrogens is 293 g/mol. The fourth-order valence-electron chi connectivity index (χ4n) is 2.55. The molecule has 0 saturated carbocycles. The van der Waals surface area contributed by atoms with E-state index in [1.165, 1.54) is 18.2 Å². The Labute approximate surface area is 129 Å². The normalized spacial score (nSPS) is 16.7. The molecule has 2 amide bonds. The predicted octanol–water partition coefficient (Wildman–Crippen LogP) is 3.48. The number of hydrogen-bond acceptors (Lipinski definition) is 2. The Hall–Kier alpha value is -1.33. The predicted molar refractivity (Wildman–Crippen MR) is 83.3 cm³/mol. The lowest BCUT2D eigenvalue weighted by atomic mass is 10.1. The monoisotopic (exact) mass is 313 g/mol. The minimum absolute atomic E-state index is 0.178. The number of amides is 2.